The molecule has 11 heteroatoms. The molecule has 0 radical (unpaired) electrons. The second-order valence-electron chi connectivity index (χ2n) is 8.69. The Morgan fingerprint density at radius 3 is 2.12 bits per heavy atom. The maximum absolute atomic E-state index is 12.9. The van der Waals surface area contributed by atoms with Gasteiger partial charge in [-0.05, 0) is 31.6 Å². The lowest BCUT2D eigenvalue weighted by Gasteiger charge is -2.26. The summed E-state index contributed by atoms with van der Waals surface area (Å²) in [6, 6.07) is -2.21. The summed E-state index contributed by atoms with van der Waals surface area (Å²) >= 11 is 0. The van der Waals surface area contributed by atoms with Gasteiger partial charge in [0, 0.05) is 24.3 Å². The van der Waals surface area contributed by atoms with Crippen molar-refractivity contribution in [2.24, 2.45) is 17.6 Å². The summed E-state index contributed by atoms with van der Waals surface area (Å²) < 4.78 is 22.8. The molecule has 190 valence electrons. The molecule has 5 N–H and O–H groups in total. The summed E-state index contributed by atoms with van der Waals surface area (Å²) in [6.07, 6.45) is 2.43. The number of nitrogens with one attached hydrogen (secondary N) is 3. The van der Waals surface area contributed by atoms with Gasteiger partial charge in [0.2, 0.25) is 11.8 Å². The number of primary amides is 1. The Hall–Kier alpha value is -2.43. The lowest BCUT2D eigenvalue weighted by atomic mass is 9.96. The Morgan fingerprint density at radius 1 is 0.970 bits per heavy atom. The highest BCUT2D eigenvalue weighted by Crippen LogP contribution is 2.10. The van der Waals surface area contributed by atoms with Crippen LogP contribution in [0.15, 0.2) is 12.0 Å². The van der Waals surface area contributed by atoms with Crippen LogP contribution < -0.4 is 21.7 Å². The van der Waals surface area contributed by atoms with Crippen molar-refractivity contribution < 1.29 is 27.6 Å². The second-order valence-corrected chi connectivity index (χ2v) is 10.8. The summed E-state index contributed by atoms with van der Waals surface area (Å²) in [5.74, 6) is -1.40. The Kier molecular flexibility index (Phi) is 14.3. The largest absolute Gasteiger partial charge is 0.352 e. The normalized spacial score (nSPS) is 13.3. The van der Waals surface area contributed by atoms with Crippen molar-refractivity contribution in [2.75, 3.05) is 12.3 Å². The van der Waals surface area contributed by atoms with Crippen molar-refractivity contribution in [2.45, 2.75) is 78.3 Å². The molecule has 10 nitrogen and oxygen atoms in total. The number of hydrogen-bond donors (Lipinski definition) is 4. The lowest BCUT2D eigenvalue weighted by molar-refractivity contribution is -0.133. The molecule has 0 fully saturated rings. The van der Waals surface area contributed by atoms with Crippen LogP contribution in [0, 0.1) is 11.8 Å². The van der Waals surface area contributed by atoms with Crippen LogP contribution in [0.3, 0.4) is 0 Å². The molecule has 1 unspecified atom stereocenters. The highest BCUT2D eigenvalue weighted by atomic mass is 32.2. The predicted octanol–water partition coefficient (Wildman–Crippen LogP) is 1.40. The number of carbonyl (C=O) groups is 4. The van der Waals surface area contributed by atoms with Crippen LogP contribution in [0.1, 0.15) is 66.2 Å². The predicted molar refractivity (Wildman–Crippen MR) is 128 cm³/mol. The van der Waals surface area contributed by atoms with Crippen molar-refractivity contribution >= 4 is 33.5 Å². The van der Waals surface area contributed by atoms with Crippen molar-refractivity contribution in [3.8, 4) is 0 Å². The van der Waals surface area contributed by atoms with Gasteiger partial charge in [-0.15, -0.1) is 0 Å². The molecule has 0 aliphatic heterocycles. The van der Waals surface area contributed by atoms with E-state index in [1.54, 1.807) is 27.7 Å². The molecule has 0 aliphatic rings. The number of urea groups is 1. The van der Waals surface area contributed by atoms with E-state index in [1.807, 2.05) is 0 Å². The number of nitrogens with two attached hydrogens (primary N) is 1. The zero-order valence-electron chi connectivity index (χ0n) is 20.2. The van der Waals surface area contributed by atoms with Crippen LogP contribution in [0.25, 0.3) is 0 Å². The SMILES string of the molecule is C=CS(=O)(=O)CCCCCC(=O)NC(C(=O)N[C@H](CCCNC(N)=O)C(=O)C(C)C)C(C)C. The highest BCUT2D eigenvalue weighted by Gasteiger charge is 2.29. The minimum absolute atomic E-state index is 0.00459. The van der Waals surface area contributed by atoms with Crippen molar-refractivity contribution in [3.05, 3.63) is 12.0 Å². The number of carbonyl (C=O) groups excluding carboxylic acids is 4. The van der Waals surface area contributed by atoms with E-state index in [0.29, 0.717) is 32.1 Å². The van der Waals surface area contributed by atoms with Gasteiger partial charge in [-0.1, -0.05) is 40.7 Å². The lowest BCUT2D eigenvalue weighted by Crippen LogP contribution is -2.54. The average molecular weight is 489 g/mol. The monoisotopic (exact) mass is 488 g/mol. The van der Waals surface area contributed by atoms with Crippen LogP contribution in [0.4, 0.5) is 4.79 Å². The van der Waals surface area contributed by atoms with Crippen molar-refractivity contribution in [1.29, 1.82) is 0 Å². The first-order chi connectivity index (χ1) is 15.3. The summed E-state index contributed by atoms with van der Waals surface area (Å²) in [5.41, 5.74) is 5.04. The highest BCUT2D eigenvalue weighted by molar-refractivity contribution is 7.94. The van der Waals surface area contributed by atoms with Crippen LogP contribution in [-0.2, 0) is 24.2 Å². The number of unbranched alkanes of at least 4 members (excludes halogenated alkanes) is 2. The molecule has 0 aromatic rings. The van der Waals surface area contributed by atoms with Gasteiger partial charge in [-0.2, -0.15) is 0 Å². The fraction of sp³-hybridized carbons (Fsp3) is 0.727. The first-order valence-electron chi connectivity index (χ1n) is 11.3. The van der Waals surface area contributed by atoms with Gasteiger partial charge in [0.1, 0.15) is 6.04 Å². The van der Waals surface area contributed by atoms with Gasteiger partial charge in [-0.3, -0.25) is 14.4 Å². The first kappa shape index (κ1) is 30.6. The van der Waals surface area contributed by atoms with Crippen LogP contribution in [0.5, 0.6) is 0 Å². The molecule has 0 bridgehead atoms. The van der Waals surface area contributed by atoms with E-state index >= 15 is 0 Å². The standard InChI is InChI=1S/C22H40N4O6S/c1-6-33(31,32)14-9-7-8-12-18(27)26-19(15(2)3)21(29)25-17(20(28)16(4)5)11-10-13-24-22(23)30/h6,15-17,19H,1,7-14H2,2-5H3,(H,25,29)(H,26,27)(H3,23,24,30)/t17-,19?/m1/s1. The van der Waals surface area contributed by atoms with Crippen LogP contribution in [-0.4, -0.2) is 56.4 Å². The van der Waals surface area contributed by atoms with E-state index in [2.05, 4.69) is 22.5 Å². The molecule has 0 rings (SSSR count). The number of amides is 4. The number of Topliss-reactive ketones (excluding diaryl/α,β-unsaturated/α-hetero) is 1. The molecule has 0 spiro atoms. The van der Waals surface area contributed by atoms with Crippen molar-refractivity contribution in [3.63, 3.8) is 0 Å². The van der Waals surface area contributed by atoms with E-state index in [4.69, 9.17) is 5.73 Å². The molecule has 0 heterocycles. The zero-order chi connectivity index (χ0) is 25.6. The minimum atomic E-state index is -3.24. The smallest absolute Gasteiger partial charge is 0.312 e. The fourth-order valence-electron chi connectivity index (χ4n) is 3.10. The average Bonchev–Trinajstić information content (AvgIpc) is 2.72. The van der Waals surface area contributed by atoms with Gasteiger partial charge in [-0.25, -0.2) is 13.2 Å². The number of sulfone groups is 1. The molecule has 33 heavy (non-hydrogen) atoms. The van der Waals surface area contributed by atoms with Gasteiger partial charge < -0.3 is 21.7 Å². The third-order valence-electron chi connectivity index (χ3n) is 5.05. The van der Waals surface area contributed by atoms with Gasteiger partial charge in [0.15, 0.2) is 15.6 Å². The van der Waals surface area contributed by atoms with Crippen molar-refractivity contribution in [1.82, 2.24) is 16.0 Å². The Morgan fingerprint density at radius 2 is 1.61 bits per heavy atom. The maximum Gasteiger partial charge on any atom is 0.312 e. The molecular weight excluding hydrogens is 448 g/mol. The summed E-state index contributed by atoms with van der Waals surface area (Å²) in [6.45, 7) is 10.6. The summed E-state index contributed by atoms with van der Waals surface area (Å²) in [4.78, 5) is 48.6. The first-order valence-corrected chi connectivity index (χ1v) is 13.0. The zero-order valence-corrected chi connectivity index (χ0v) is 21.0. The molecule has 0 aromatic heterocycles. The molecule has 2 atom stereocenters. The molecule has 0 saturated carbocycles. The summed E-state index contributed by atoms with van der Waals surface area (Å²) in [5, 5.41) is 8.85. The van der Waals surface area contributed by atoms with Crippen LogP contribution in [0.2, 0.25) is 0 Å². The third-order valence-corrected chi connectivity index (χ3v) is 6.42. The Balaban J connectivity index is 4.83. The second kappa shape index (κ2) is 15.4. The van der Waals surface area contributed by atoms with E-state index in [9.17, 15) is 27.6 Å². The summed E-state index contributed by atoms with van der Waals surface area (Å²) in [7, 11) is -3.24. The molecule has 4 amide bonds. The minimum Gasteiger partial charge on any atom is -0.352 e. The molecule has 0 aliphatic carbocycles. The quantitative estimate of drug-likeness (QED) is 0.226. The van der Waals surface area contributed by atoms with E-state index < -0.39 is 33.9 Å². The topological polar surface area (TPSA) is 165 Å². The van der Waals surface area contributed by atoms with E-state index in [-0.39, 0.29) is 42.2 Å². The maximum atomic E-state index is 12.9. The van der Waals surface area contributed by atoms with Crippen LogP contribution >= 0.6 is 0 Å². The van der Waals surface area contributed by atoms with Gasteiger partial charge in [0.05, 0.1) is 11.8 Å². The molecule has 0 aromatic carbocycles. The fourth-order valence-corrected chi connectivity index (χ4v) is 3.87. The Bertz CT molecular complexity index is 780. The number of rotatable bonds is 17. The number of ketones is 1. The van der Waals surface area contributed by atoms with Gasteiger partial charge >= 0.3 is 6.03 Å². The Labute approximate surface area is 197 Å². The molecular formula is C22H40N4O6S. The third kappa shape index (κ3) is 13.7. The molecule has 0 saturated heterocycles. The van der Waals surface area contributed by atoms with E-state index in [0.717, 1.165) is 5.41 Å². The van der Waals surface area contributed by atoms with Gasteiger partial charge in [0.25, 0.3) is 0 Å². The number of hydrogen-bond acceptors (Lipinski definition) is 6. The van der Waals surface area contributed by atoms with E-state index in [1.165, 1.54) is 0 Å².